The van der Waals surface area contributed by atoms with E-state index in [9.17, 15) is 5.11 Å². The number of aromatic nitrogens is 2. The zero-order chi connectivity index (χ0) is 13.3. The first-order valence-corrected chi connectivity index (χ1v) is 6.36. The summed E-state index contributed by atoms with van der Waals surface area (Å²) in [4.78, 5) is 8.35. The Labute approximate surface area is 112 Å². The monoisotopic (exact) mass is 256 g/mol. The van der Waals surface area contributed by atoms with Crippen LogP contribution in [0.3, 0.4) is 0 Å². The van der Waals surface area contributed by atoms with Crippen molar-refractivity contribution in [1.29, 1.82) is 0 Å². The van der Waals surface area contributed by atoms with Gasteiger partial charge in [-0.1, -0.05) is 30.3 Å². The fraction of sp³-hybridized carbons (Fsp3) is 0.333. The Balaban J connectivity index is 1.98. The van der Waals surface area contributed by atoms with Crippen molar-refractivity contribution < 1.29 is 9.84 Å². The third-order valence-corrected chi connectivity index (χ3v) is 3.80. The lowest BCUT2D eigenvalue weighted by atomic mass is 9.88. The van der Waals surface area contributed by atoms with Gasteiger partial charge in [0.25, 0.3) is 0 Å². The lowest BCUT2D eigenvalue weighted by Crippen LogP contribution is -2.20. The fourth-order valence-corrected chi connectivity index (χ4v) is 2.57. The van der Waals surface area contributed by atoms with Gasteiger partial charge in [0.05, 0.1) is 7.11 Å². The van der Waals surface area contributed by atoms with Crippen LogP contribution < -0.4 is 4.74 Å². The van der Waals surface area contributed by atoms with Crippen LogP contribution in [-0.4, -0.2) is 22.2 Å². The van der Waals surface area contributed by atoms with Gasteiger partial charge in [-0.25, -0.2) is 4.98 Å². The molecule has 0 spiro atoms. The maximum Gasteiger partial charge on any atom is 0.238 e. The largest absolute Gasteiger partial charge is 0.480 e. The smallest absolute Gasteiger partial charge is 0.238 e. The number of aliphatic hydroxyl groups is 1. The first-order valence-electron chi connectivity index (χ1n) is 6.36. The highest BCUT2D eigenvalue weighted by Crippen LogP contribution is 2.56. The molecule has 0 radical (unpaired) electrons. The summed E-state index contributed by atoms with van der Waals surface area (Å²) in [5, 5.41) is 10.7. The average molecular weight is 256 g/mol. The molecule has 0 bridgehead atoms. The van der Waals surface area contributed by atoms with Crippen molar-refractivity contribution in [2.24, 2.45) is 0 Å². The van der Waals surface area contributed by atoms with Crippen molar-refractivity contribution in [3.8, 4) is 5.88 Å². The second kappa shape index (κ2) is 4.63. The molecule has 1 fully saturated rings. The van der Waals surface area contributed by atoms with Crippen LogP contribution in [0.5, 0.6) is 5.88 Å². The quantitative estimate of drug-likeness (QED) is 0.911. The number of hydrogen-bond acceptors (Lipinski definition) is 4. The van der Waals surface area contributed by atoms with E-state index in [-0.39, 0.29) is 5.41 Å². The summed E-state index contributed by atoms with van der Waals surface area (Å²) in [6.45, 7) is 0. The second-order valence-corrected chi connectivity index (χ2v) is 4.88. The Morgan fingerprint density at radius 3 is 2.47 bits per heavy atom. The van der Waals surface area contributed by atoms with Crippen LogP contribution in [-0.2, 0) is 5.41 Å². The van der Waals surface area contributed by atoms with Crippen LogP contribution in [0.25, 0.3) is 0 Å². The van der Waals surface area contributed by atoms with E-state index in [1.54, 1.807) is 19.5 Å². The Kier molecular flexibility index (Phi) is 2.95. The van der Waals surface area contributed by atoms with Gasteiger partial charge in [0.15, 0.2) is 0 Å². The predicted molar refractivity (Wildman–Crippen MR) is 70.9 cm³/mol. The molecule has 1 saturated carbocycles. The molecule has 1 aromatic heterocycles. The van der Waals surface area contributed by atoms with E-state index >= 15 is 0 Å². The average Bonchev–Trinajstić information content (AvgIpc) is 3.29. The van der Waals surface area contributed by atoms with Gasteiger partial charge in [0.2, 0.25) is 5.88 Å². The summed E-state index contributed by atoms with van der Waals surface area (Å²) >= 11 is 0. The van der Waals surface area contributed by atoms with Crippen LogP contribution in [0, 0.1) is 0 Å². The minimum atomic E-state index is -0.682. The van der Waals surface area contributed by atoms with Crippen molar-refractivity contribution in [3.63, 3.8) is 0 Å². The fourth-order valence-electron chi connectivity index (χ4n) is 2.57. The predicted octanol–water partition coefficient (Wildman–Crippen LogP) is 2.25. The van der Waals surface area contributed by atoms with Gasteiger partial charge >= 0.3 is 0 Å². The molecule has 1 unspecified atom stereocenters. The van der Waals surface area contributed by atoms with Gasteiger partial charge in [0, 0.05) is 17.8 Å². The SMILES string of the molecule is COc1nccnc1C(O)C1(c2ccccc2)CC1. The van der Waals surface area contributed by atoms with E-state index in [1.807, 2.05) is 18.2 Å². The van der Waals surface area contributed by atoms with Crippen LogP contribution in [0.15, 0.2) is 42.7 Å². The standard InChI is InChI=1S/C15H16N2O2/c1-19-14-12(16-9-10-17-14)13(18)15(7-8-15)11-5-3-2-4-6-11/h2-6,9-10,13,18H,7-8H2,1H3. The van der Waals surface area contributed by atoms with Gasteiger partial charge in [0.1, 0.15) is 11.8 Å². The van der Waals surface area contributed by atoms with E-state index in [0.717, 1.165) is 18.4 Å². The summed E-state index contributed by atoms with van der Waals surface area (Å²) in [5.41, 5.74) is 1.44. The van der Waals surface area contributed by atoms with E-state index in [1.165, 1.54) is 0 Å². The van der Waals surface area contributed by atoms with Crippen molar-refractivity contribution in [3.05, 3.63) is 54.0 Å². The van der Waals surface area contributed by atoms with Gasteiger partial charge in [-0.15, -0.1) is 0 Å². The topological polar surface area (TPSA) is 55.2 Å². The third kappa shape index (κ3) is 1.98. The highest BCUT2D eigenvalue weighted by molar-refractivity contribution is 5.37. The first-order chi connectivity index (χ1) is 9.28. The normalized spacial score (nSPS) is 17.8. The highest BCUT2D eigenvalue weighted by atomic mass is 16.5. The number of methoxy groups -OCH3 is 1. The molecule has 0 saturated heterocycles. The molecule has 1 heterocycles. The van der Waals surface area contributed by atoms with Crippen molar-refractivity contribution >= 4 is 0 Å². The number of ether oxygens (including phenoxy) is 1. The number of rotatable bonds is 4. The Morgan fingerprint density at radius 2 is 1.84 bits per heavy atom. The summed E-state index contributed by atoms with van der Waals surface area (Å²) < 4.78 is 5.19. The number of benzene rings is 1. The van der Waals surface area contributed by atoms with Crippen LogP contribution in [0.4, 0.5) is 0 Å². The molecule has 0 aliphatic heterocycles. The molecule has 1 aliphatic rings. The van der Waals surface area contributed by atoms with Crippen molar-refractivity contribution in [2.75, 3.05) is 7.11 Å². The van der Waals surface area contributed by atoms with E-state index in [4.69, 9.17) is 4.74 Å². The Bertz CT molecular complexity index is 567. The van der Waals surface area contributed by atoms with E-state index in [2.05, 4.69) is 22.1 Å². The van der Waals surface area contributed by atoms with Gasteiger partial charge < -0.3 is 9.84 Å². The van der Waals surface area contributed by atoms with Gasteiger partial charge in [-0.05, 0) is 18.4 Å². The molecule has 19 heavy (non-hydrogen) atoms. The zero-order valence-electron chi connectivity index (χ0n) is 10.8. The summed E-state index contributed by atoms with van der Waals surface area (Å²) in [6, 6.07) is 10.1. The van der Waals surface area contributed by atoms with Crippen molar-refractivity contribution in [1.82, 2.24) is 9.97 Å². The second-order valence-electron chi connectivity index (χ2n) is 4.88. The van der Waals surface area contributed by atoms with Crippen LogP contribution in [0.1, 0.15) is 30.2 Å². The highest BCUT2D eigenvalue weighted by Gasteiger charge is 2.52. The summed E-state index contributed by atoms with van der Waals surface area (Å²) in [6.07, 6.45) is 4.38. The van der Waals surface area contributed by atoms with E-state index < -0.39 is 6.10 Å². The minimum Gasteiger partial charge on any atom is -0.480 e. The molecule has 1 aliphatic carbocycles. The minimum absolute atomic E-state index is 0.232. The summed E-state index contributed by atoms with van der Waals surface area (Å²) in [5.74, 6) is 0.400. The third-order valence-electron chi connectivity index (χ3n) is 3.80. The molecule has 1 N–H and O–H groups in total. The zero-order valence-corrected chi connectivity index (χ0v) is 10.8. The first kappa shape index (κ1) is 12.1. The number of aliphatic hydroxyl groups excluding tert-OH is 1. The molecule has 4 heteroatoms. The molecule has 2 aromatic rings. The molecular weight excluding hydrogens is 240 g/mol. The molecular formula is C15H16N2O2. The molecule has 3 rings (SSSR count). The lowest BCUT2D eigenvalue weighted by molar-refractivity contribution is 0.124. The number of nitrogens with zero attached hydrogens (tertiary/aromatic N) is 2. The number of hydrogen-bond donors (Lipinski definition) is 1. The van der Waals surface area contributed by atoms with Crippen LogP contribution in [0.2, 0.25) is 0 Å². The Hall–Kier alpha value is -1.94. The molecule has 1 aromatic carbocycles. The molecule has 1 atom stereocenters. The van der Waals surface area contributed by atoms with Gasteiger partial charge in [-0.2, -0.15) is 0 Å². The van der Waals surface area contributed by atoms with E-state index in [0.29, 0.717) is 11.6 Å². The lowest BCUT2D eigenvalue weighted by Gasteiger charge is -2.23. The molecule has 4 nitrogen and oxygen atoms in total. The maximum atomic E-state index is 10.7. The Morgan fingerprint density at radius 1 is 1.16 bits per heavy atom. The van der Waals surface area contributed by atoms with Gasteiger partial charge in [-0.3, -0.25) is 4.98 Å². The molecule has 0 amide bonds. The van der Waals surface area contributed by atoms with Crippen molar-refractivity contribution in [2.45, 2.75) is 24.4 Å². The van der Waals surface area contributed by atoms with Crippen LogP contribution >= 0.6 is 0 Å². The maximum absolute atomic E-state index is 10.7. The molecule has 98 valence electrons. The summed E-state index contributed by atoms with van der Waals surface area (Å²) in [7, 11) is 1.54.